The van der Waals surface area contributed by atoms with E-state index in [1.54, 1.807) is 0 Å². The van der Waals surface area contributed by atoms with Crippen molar-refractivity contribution in [2.45, 2.75) is 51.7 Å². The summed E-state index contributed by atoms with van der Waals surface area (Å²) >= 11 is 0. The first-order valence-electron chi connectivity index (χ1n) is 10.2. The zero-order valence-electron chi connectivity index (χ0n) is 16.9. The molecule has 6 nitrogen and oxygen atoms in total. The summed E-state index contributed by atoms with van der Waals surface area (Å²) in [7, 11) is 0. The highest BCUT2D eigenvalue weighted by atomic mass is 127. The molecule has 0 bridgehead atoms. The van der Waals surface area contributed by atoms with E-state index in [1.807, 2.05) is 6.92 Å². The molecule has 0 spiro atoms. The number of amides is 1. The Hall–Kier alpha value is -1.35. The van der Waals surface area contributed by atoms with Gasteiger partial charge in [-0.25, -0.2) is 4.99 Å². The lowest BCUT2D eigenvalue weighted by atomic mass is 9.89. The molecule has 28 heavy (non-hydrogen) atoms. The van der Waals surface area contributed by atoms with Gasteiger partial charge in [-0.3, -0.25) is 4.79 Å². The summed E-state index contributed by atoms with van der Waals surface area (Å²) in [6, 6.07) is 8.99. The van der Waals surface area contributed by atoms with Gasteiger partial charge in [-0.1, -0.05) is 29.8 Å². The molecule has 3 rings (SSSR count). The van der Waals surface area contributed by atoms with Gasteiger partial charge in [0.25, 0.3) is 0 Å². The molecule has 2 aliphatic rings. The van der Waals surface area contributed by atoms with Gasteiger partial charge in [0.1, 0.15) is 6.54 Å². The van der Waals surface area contributed by atoms with Crippen LogP contribution in [0.15, 0.2) is 29.3 Å². The quantitative estimate of drug-likeness (QED) is 0.306. The first-order valence-corrected chi connectivity index (χ1v) is 10.2. The lowest BCUT2D eigenvalue weighted by Crippen LogP contribution is -2.42. The van der Waals surface area contributed by atoms with E-state index in [-0.39, 0.29) is 42.5 Å². The summed E-state index contributed by atoms with van der Waals surface area (Å²) in [5.74, 6) is 1.07. The number of halogens is 1. The van der Waals surface area contributed by atoms with Gasteiger partial charge in [0, 0.05) is 31.7 Å². The maximum absolute atomic E-state index is 11.9. The molecule has 1 aromatic carbocycles. The summed E-state index contributed by atoms with van der Waals surface area (Å²) in [5.41, 5.74) is 2.49. The number of nitrogens with zero attached hydrogens (tertiary/aromatic N) is 1. The molecule has 1 aliphatic heterocycles. The second-order valence-electron chi connectivity index (χ2n) is 7.52. The Morgan fingerprint density at radius 3 is 2.61 bits per heavy atom. The van der Waals surface area contributed by atoms with Gasteiger partial charge in [-0.2, -0.15) is 0 Å². The third-order valence-electron chi connectivity index (χ3n) is 5.05. The standard InChI is InChI=1S/C21H32N4O2.HI/c1-3-22-21(24-14-19(26)25-18-10-11-18)23-13-17-5-4-12-27-20(17)16-8-6-15(2)7-9-16;/h6-9,17-18,20H,3-5,10-14H2,1-2H3,(H,25,26)(H2,22,23,24);1H. The van der Waals surface area contributed by atoms with Crippen molar-refractivity contribution in [1.29, 1.82) is 0 Å². The minimum Gasteiger partial charge on any atom is -0.373 e. The van der Waals surface area contributed by atoms with Crippen molar-refractivity contribution >= 4 is 35.8 Å². The second-order valence-corrected chi connectivity index (χ2v) is 7.52. The van der Waals surface area contributed by atoms with E-state index in [0.29, 0.717) is 17.9 Å². The van der Waals surface area contributed by atoms with E-state index >= 15 is 0 Å². The molecule has 1 heterocycles. The Morgan fingerprint density at radius 2 is 1.93 bits per heavy atom. The number of aliphatic imine (C=N–C) groups is 1. The monoisotopic (exact) mass is 500 g/mol. The molecule has 1 amide bonds. The zero-order valence-corrected chi connectivity index (χ0v) is 19.2. The summed E-state index contributed by atoms with van der Waals surface area (Å²) in [6.07, 6.45) is 4.48. The van der Waals surface area contributed by atoms with Gasteiger partial charge >= 0.3 is 0 Å². The van der Waals surface area contributed by atoms with E-state index in [4.69, 9.17) is 4.74 Å². The van der Waals surface area contributed by atoms with Gasteiger partial charge in [0.15, 0.2) is 5.96 Å². The molecule has 2 atom stereocenters. The van der Waals surface area contributed by atoms with Crippen LogP contribution >= 0.6 is 24.0 Å². The summed E-state index contributed by atoms with van der Waals surface area (Å²) in [4.78, 5) is 16.3. The number of hydrogen-bond donors (Lipinski definition) is 3. The molecule has 3 N–H and O–H groups in total. The van der Waals surface area contributed by atoms with Gasteiger partial charge in [0.05, 0.1) is 6.10 Å². The van der Waals surface area contributed by atoms with Crippen LogP contribution < -0.4 is 16.0 Å². The highest BCUT2D eigenvalue weighted by molar-refractivity contribution is 14.0. The number of ether oxygens (including phenoxy) is 1. The van der Waals surface area contributed by atoms with Crippen molar-refractivity contribution < 1.29 is 9.53 Å². The fourth-order valence-corrected chi connectivity index (χ4v) is 3.40. The van der Waals surface area contributed by atoms with Crippen molar-refractivity contribution in [3.63, 3.8) is 0 Å². The van der Waals surface area contributed by atoms with E-state index in [2.05, 4.69) is 52.1 Å². The lowest BCUT2D eigenvalue weighted by Gasteiger charge is -2.32. The van der Waals surface area contributed by atoms with E-state index in [9.17, 15) is 4.79 Å². The smallest absolute Gasteiger partial charge is 0.242 e. The minimum atomic E-state index is -0.00626. The minimum absolute atomic E-state index is 0. The van der Waals surface area contributed by atoms with Crippen molar-refractivity contribution in [3.8, 4) is 0 Å². The molecular weight excluding hydrogens is 467 g/mol. The van der Waals surface area contributed by atoms with Crippen LogP contribution in [0.25, 0.3) is 0 Å². The van der Waals surface area contributed by atoms with Crippen LogP contribution in [-0.2, 0) is 9.53 Å². The van der Waals surface area contributed by atoms with Crippen LogP contribution in [0, 0.1) is 12.8 Å². The number of hydrogen-bond acceptors (Lipinski definition) is 3. The maximum Gasteiger partial charge on any atom is 0.242 e. The number of rotatable bonds is 7. The van der Waals surface area contributed by atoms with Crippen molar-refractivity contribution in [1.82, 2.24) is 16.0 Å². The third kappa shape index (κ3) is 7.24. The van der Waals surface area contributed by atoms with Crippen LogP contribution in [-0.4, -0.2) is 44.1 Å². The van der Waals surface area contributed by atoms with Crippen LogP contribution in [0.2, 0.25) is 0 Å². The maximum atomic E-state index is 11.9. The molecule has 156 valence electrons. The van der Waals surface area contributed by atoms with Gasteiger partial charge in [-0.05, 0) is 45.1 Å². The Labute approximate surface area is 185 Å². The second kappa shape index (κ2) is 11.6. The van der Waals surface area contributed by atoms with Gasteiger partial charge in [0.2, 0.25) is 5.91 Å². The van der Waals surface area contributed by atoms with Crippen LogP contribution in [0.1, 0.15) is 49.8 Å². The number of benzene rings is 1. The Kier molecular flexibility index (Phi) is 9.50. The summed E-state index contributed by atoms with van der Waals surface area (Å²) < 4.78 is 6.09. The molecular formula is C21H33IN4O2. The predicted molar refractivity (Wildman–Crippen MR) is 123 cm³/mol. The van der Waals surface area contributed by atoms with Crippen LogP contribution in [0.4, 0.5) is 0 Å². The van der Waals surface area contributed by atoms with E-state index in [1.165, 1.54) is 11.1 Å². The molecule has 2 fully saturated rings. The van der Waals surface area contributed by atoms with E-state index in [0.717, 1.165) is 45.4 Å². The third-order valence-corrected chi connectivity index (χ3v) is 5.05. The van der Waals surface area contributed by atoms with Crippen LogP contribution in [0.3, 0.4) is 0 Å². The molecule has 0 radical (unpaired) electrons. The van der Waals surface area contributed by atoms with Crippen molar-refractivity contribution in [2.75, 3.05) is 26.2 Å². The first kappa shape index (κ1) is 22.9. The lowest BCUT2D eigenvalue weighted by molar-refractivity contribution is -0.119. The topological polar surface area (TPSA) is 74.8 Å². The van der Waals surface area contributed by atoms with Crippen LogP contribution in [0.5, 0.6) is 0 Å². The predicted octanol–water partition coefficient (Wildman–Crippen LogP) is 2.91. The normalized spacial score (nSPS) is 22.1. The zero-order chi connectivity index (χ0) is 19.1. The fraction of sp³-hybridized carbons (Fsp3) is 0.619. The average molecular weight is 500 g/mol. The Morgan fingerprint density at radius 1 is 1.18 bits per heavy atom. The summed E-state index contributed by atoms with van der Waals surface area (Å²) in [5, 5.41) is 9.60. The number of carbonyl (C=O) groups excluding carboxylic acids is 1. The molecule has 1 aromatic rings. The largest absolute Gasteiger partial charge is 0.373 e. The SMILES string of the molecule is CCNC(=NCC(=O)NC1CC1)NCC1CCCOC1c1ccc(C)cc1.I. The van der Waals surface area contributed by atoms with Gasteiger partial charge < -0.3 is 20.7 Å². The average Bonchev–Trinajstić information content (AvgIpc) is 3.49. The number of aryl methyl sites for hydroxylation is 1. The highest BCUT2D eigenvalue weighted by Crippen LogP contribution is 2.33. The highest BCUT2D eigenvalue weighted by Gasteiger charge is 2.27. The Balaban J connectivity index is 0.00000280. The molecule has 1 saturated carbocycles. The summed E-state index contributed by atoms with van der Waals surface area (Å²) in [6.45, 7) is 6.63. The first-order chi connectivity index (χ1) is 13.2. The van der Waals surface area contributed by atoms with Crippen molar-refractivity contribution in [3.05, 3.63) is 35.4 Å². The van der Waals surface area contributed by atoms with Gasteiger partial charge in [-0.15, -0.1) is 24.0 Å². The molecule has 0 aromatic heterocycles. The fourth-order valence-electron chi connectivity index (χ4n) is 3.40. The molecule has 2 unspecified atom stereocenters. The van der Waals surface area contributed by atoms with Crippen molar-refractivity contribution in [2.24, 2.45) is 10.9 Å². The molecule has 7 heteroatoms. The van der Waals surface area contributed by atoms with E-state index < -0.39 is 0 Å². The molecule has 1 aliphatic carbocycles. The number of carbonyl (C=O) groups is 1. The molecule has 1 saturated heterocycles. The number of nitrogens with one attached hydrogen (secondary N) is 3. The number of guanidine groups is 1. The Bertz CT molecular complexity index is 646.